The predicted octanol–water partition coefficient (Wildman–Crippen LogP) is 3.46. The number of hydrogen-bond donors (Lipinski definition) is 1. The van der Waals surface area contributed by atoms with E-state index in [1.165, 1.54) is 0 Å². The van der Waals surface area contributed by atoms with Crippen LogP contribution in [0.1, 0.15) is 27.0 Å². The van der Waals surface area contributed by atoms with E-state index in [0.717, 1.165) is 14.7 Å². The van der Waals surface area contributed by atoms with E-state index in [-0.39, 0.29) is 11.7 Å². The van der Waals surface area contributed by atoms with Crippen molar-refractivity contribution < 1.29 is 9.90 Å². The van der Waals surface area contributed by atoms with Crippen LogP contribution in [0.25, 0.3) is 0 Å². The van der Waals surface area contributed by atoms with E-state index in [0.29, 0.717) is 24.2 Å². The molecule has 3 rings (SSSR count). The molecule has 0 bridgehead atoms. The second-order valence-corrected chi connectivity index (χ2v) is 6.28. The Morgan fingerprint density at radius 3 is 2.85 bits per heavy atom. The topological polar surface area (TPSA) is 40.5 Å². The zero-order chi connectivity index (χ0) is 14.3. The van der Waals surface area contributed by atoms with Gasteiger partial charge in [0.25, 0.3) is 5.91 Å². The third-order valence-corrected chi connectivity index (χ3v) is 4.32. The molecule has 1 heterocycles. The molecule has 1 aliphatic heterocycles. The molecule has 102 valence electrons. The maximum Gasteiger partial charge on any atom is 0.255 e. The second-order valence-electron chi connectivity index (χ2n) is 5.03. The van der Waals surface area contributed by atoms with E-state index < -0.39 is 0 Å². The number of carbonyl (C=O) groups excluding carboxylic acids is 1. The van der Waals surface area contributed by atoms with Gasteiger partial charge in [-0.2, -0.15) is 0 Å². The van der Waals surface area contributed by atoms with E-state index >= 15 is 0 Å². The average molecular weight is 379 g/mol. The molecular formula is C16H14INO2. The van der Waals surface area contributed by atoms with Gasteiger partial charge in [0.2, 0.25) is 0 Å². The van der Waals surface area contributed by atoms with Gasteiger partial charge in [0.05, 0.1) is 5.56 Å². The summed E-state index contributed by atoms with van der Waals surface area (Å²) in [6.07, 6.45) is 0. The highest BCUT2D eigenvalue weighted by atomic mass is 127. The molecule has 0 saturated carbocycles. The summed E-state index contributed by atoms with van der Waals surface area (Å²) < 4.78 is 1.16. The van der Waals surface area contributed by atoms with Crippen LogP contribution in [-0.2, 0) is 13.1 Å². The highest BCUT2D eigenvalue weighted by molar-refractivity contribution is 14.1. The zero-order valence-electron chi connectivity index (χ0n) is 11.1. The van der Waals surface area contributed by atoms with Crippen molar-refractivity contribution in [1.82, 2.24) is 4.90 Å². The molecule has 0 aromatic heterocycles. The van der Waals surface area contributed by atoms with E-state index in [2.05, 4.69) is 28.7 Å². The van der Waals surface area contributed by atoms with Crippen LogP contribution >= 0.6 is 22.6 Å². The van der Waals surface area contributed by atoms with Crippen molar-refractivity contribution in [2.24, 2.45) is 0 Å². The van der Waals surface area contributed by atoms with Crippen molar-refractivity contribution in [3.05, 3.63) is 62.2 Å². The standard InChI is InChI=1S/C16H14INO2/c1-10-14(19)6-5-12-9-18(16(20)15(10)12)8-11-3-2-4-13(17)7-11/h2-7,19H,8-9H2,1H3. The van der Waals surface area contributed by atoms with Gasteiger partial charge in [-0.15, -0.1) is 0 Å². The molecule has 1 N–H and O–H groups in total. The molecule has 1 aliphatic rings. The van der Waals surface area contributed by atoms with Crippen molar-refractivity contribution in [2.75, 3.05) is 0 Å². The smallest absolute Gasteiger partial charge is 0.255 e. The van der Waals surface area contributed by atoms with E-state index in [4.69, 9.17) is 0 Å². The second kappa shape index (κ2) is 5.09. The molecule has 2 aromatic carbocycles. The summed E-state index contributed by atoms with van der Waals surface area (Å²) in [7, 11) is 0. The summed E-state index contributed by atoms with van der Waals surface area (Å²) in [5.41, 5.74) is 3.46. The Kier molecular flexibility index (Phi) is 3.41. The van der Waals surface area contributed by atoms with E-state index in [1.54, 1.807) is 13.0 Å². The van der Waals surface area contributed by atoms with Gasteiger partial charge in [-0.3, -0.25) is 4.79 Å². The Morgan fingerprint density at radius 1 is 1.30 bits per heavy atom. The number of fused-ring (bicyclic) bond motifs is 1. The minimum Gasteiger partial charge on any atom is -0.508 e. The lowest BCUT2D eigenvalue weighted by molar-refractivity contribution is 0.0766. The number of phenols is 1. The highest BCUT2D eigenvalue weighted by Gasteiger charge is 2.29. The molecule has 1 amide bonds. The normalized spacial score (nSPS) is 13.7. The zero-order valence-corrected chi connectivity index (χ0v) is 13.2. The highest BCUT2D eigenvalue weighted by Crippen LogP contribution is 2.31. The van der Waals surface area contributed by atoms with Gasteiger partial charge in [0, 0.05) is 22.2 Å². The van der Waals surface area contributed by atoms with Crippen LogP contribution in [0.2, 0.25) is 0 Å². The van der Waals surface area contributed by atoms with Crippen LogP contribution in [0, 0.1) is 10.5 Å². The molecule has 2 aromatic rings. The first-order valence-electron chi connectivity index (χ1n) is 6.41. The third-order valence-electron chi connectivity index (χ3n) is 3.65. The summed E-state index contributed by atoms with van der Waals surface area (Å²) in [5, 5.41) is 9.74. The van der Waals surface area contributed by atoms with Gasteiger partial charge in [-0.05, 0) is 58.8 Å². The SMILES string of the molecule is Cc1c(O)ccc2c1C(=O)N(Cc1cccc(I)c1)C2. The number of carbonyl (C=O) groups is 1. The lowest BCUT2D eigenvalue weighted by atomic mass is 10.0. The minimum absolute atomic E-state index is 0.00672. The fraction of sp³-hybridized carbons (Fsp3) is 0.188. The van der Waals surface area contributed by atoms with Crippen molar-refractivity contribution in [2.45, 2.75) is 20.0 Å². The fourth-order valence-electron chi connectivity index (χ4n) is 2.61. The average Bonchev–Trinajstić information content (AvgIpc) is 2.72. The Hall–Kier alpha value is -1.56. The fourth-order valence-corrected chi connectivity index (χ4v) is 3.21. The van der Waals surface area contributed by atoms with E-state index in [9.17, 15) is 9.90 Å². The number of aromatic hydroxyl groups is 1. The van der Waals surface area contributed by atoms with Gasteiger partial charge in [-0.1, -0.05) is 18.2 Å². The minimum atomic E-state index is 0.00672. The first-order valence-corrected chi connectivity index (χ1v) is 7.49. The first kappa shape index (κ1) is 13.4. The third kappa shape index (κ3) is 2.28. The van der Waals surface area contributed by atoms with Crippen LogP contribution in [0.5, 0.6) is 5.75 Å². The molecule has 4 heteroatoms. The van der Waals surface area contributed by atoms with Crippen LogP contribution in [0.3, 0.4) is 0 Å². The molecule has 0 atom stereocenters. The quantitative estimate of drug-likeness (QED) is 0.812. The van der Waals surface area contributed by atoms with Crippen LogP contribution < -0.4 is 0 Å². The number of amides is 1. The van der Waals surface area contributed by atoms with Gasteiger partial charge >= 0.3 is 0 Å². The summed E-state index contributed by atoms with van der Waals surface area (Å²) in [5.74, 6) is 0.195. The Morgan fingerprint density at radius 2 is 2.10 bits per heavy atom. The van der Waals surface area contributed by atoms with Crippen LogP contribution in [0.15, 0.2) is 36.4 Å². The van der Waals surface area contributed by atoms with Crippen LogP contribution in [-0.4, -0.2) is 15.9 Å². The summed E-state index contributed by atoms with van der Waals surface area (Å²) in [6, 6.07) is 11.7. The van der Waals surface area contributed by atoms with Gasteiger partial charge in [-0.25, -0.2) is 0 Å². The molecule has 0 unspecified atom stereocenters. The van der Waals surface area contributed by atoms with Crippen molar-refractivity contribution >= 4 is 28.5 Å². The molecule has 0 fully saturated rings. The monoisotopic (exact) mass is 379 g/mol. The van der Waals surface area contributed by atoms with Crippen molar-refractivity contribution in [1.29, 1.82) is 0 Å². The summed E-state index contributed by atoms with van der Waals surface area (Å²) in [6.45, 7) is 3.01. The number of rotatable bonds is 2. The molecule has 0 radical (unpaired) electrons. The summed E-state index contributed by atoms with van der Waals surface area (Å²) >= 11 is 2.27. The maximum atomic E-state index is 12.5. The molecule has 0 aliphatic carbocycles. The van der Waals surface area contributed by atoms with Crippen molar-refractivity contribution in [3.8, 4) is 5.75 Å². The number of phenolic OH excluding ortho intramolecular Hbond substituents is 1. The predicted molar refractivity (Wildman–Crippen MR) is 85.6 cm³/mol. The number of halogens is 1. The van der Waals surface area contributed by atoms with Gasteiger partial charge in [0.15, 0.2) is 0 Å². The number of benzene rings is 2. The maximum absolute atomic E-state index is 12.5. The lowest BCUT2D eigenvalue weighted by Crippen LogP contribution is -2.23. The van der Waals surface area contributed by atoms with Crippen LogP contribution in [0.4, 0.5) is 0 Å². The summed E-state index contributed by atoms with van der Waals surface area (Å²) in [4.78, 5) is 14.3. The molecular weight excluding hydrogens is 365 g/mol. The molecule has 20 heavy (non-hydrogen) atoms. The lowest BCUT2D eigenvalue weighted by Gasteiger charge is -2.16. The van der Waals surface area contributed by atoms with E-state index in [1.807, 2.05) is 29.2 Å². The van der Waals surface area contributed by atoms with Gasteiger partial charge < -0.3 is 10.0 Å². The van der Waals surface area contributed by atoms with Crippen molar-refractivity contribution in [3.63, 3.8) is 0 Å². The Bertz CT molecular complexity index is 697. The largest absolute Gasteiger partial charge is 0.508 e. The van der Waals surface area contributed by atoms with Gasteiger partial charge in [0.1, 0.15) is 5.75 Å². The molecule has 0 saturated heterocycles. The number of hydrogen-bond acceptors (Lipinski definition) is 2. The Balaban J connectivity index is 1.89. The Labute approximate surface area is 131 Å². The first-order chi connectivity index (χ1) is 9.56. The number of nitrogens with zero attached hydrogens (tertiary/aromatic N) is 1. The molecule has 3 nitrogen and oxygen atoms in total. The molecule has 0 spiro atoms.